The Kier molecular flexibility index (Phi) is 22.7. The molecule has 0 aromatic heterocycles. The third-order valence-electron chi connectivity index (χ3n) is 12.6. The fourth-order valence-corrected chi connectivity index (χ4v) is 8.77. The summed E-state index contributed by atoms with van der Waals surface area (Å²) in [5.41, 5.74) is 25.6. The molecular weight excluding hydrogens is 829 g/mol. The van der Waals surface area contributed by atoms with Crippen LogP contribution in [-0.4, -0.2) is 95.9 Å². The fourth-order valence-electron chi connectivity index (χ4n) is 8.77. The van der Waals surface area contributed by atoms with Crippen molar-refractivity contribution in [1.29, 1.82) is 0 Å². The average molecular weight is 903 g/mol. The third-order valence-corrected chi connectivity index (χ3v) is 12.6. The molecule has 0 bridgehead atoms. The van der Waals surface area contributed by atoms with Crippen molar-refractivity contribution in [3.8, 4) is 0 Å². The Labute approximate surface area is 383 Å². The monoisotopic (exact) mass is 903 g/mol. The van der Waals surface area contributed by atoms with Crippen molar-refractivity contribution < 1.29 is 33.9 Å². The summed E-state index contributed by atoms with van der Waals surface area (Å²) >= 11 is 0. The van der Waals surface area contributed by atoms with Gasteiger partial charge in [0.05, 0.1) is 12.1 Å². The zero-order chi connectivity index (χ0) is 47.0. The molecule has 2 aliphatic rings. The van der Waals surface area contributed by atoms with E-state index in [1.807, 2.05) is 60.7 Å². The highest BCUT2D eigenvalue weighted by atomic mass is 16.4. The first-order chi connectivity index (χ1) is 31.3. The molecule has 2 aromatic carbocycles. The summed E-state index contributed by atoms with van der Waals surface area (Å²) < 4.78 is 0. The minimum atomic E-state index is -1.16. The fraction of sp³-hybridized carbons (Fsp3) is 0.604. The Hall–Kier alpha value is -5.55. The largest absolute Gasteiger partial charge is 0.480 e. The number of aliphatic carboxylic acids is 1. The first kappa shape index (κ1) is 52.1. The highest BCUT2D eigenvalue weighted by molar-refractivity contribution is 5.94. The van der Waals surface area contributed by atoms with Crippen LogP contribution in [0.3, 0.4) is 0 Å². The molecule has 2 aromatic rings. The van der Waals surface area contributed by atoms with Gasteiger partial charge in [-0.05, 0) is 80.8 Å². The zero-order valence-corrected chi connectivity index (χ0v) is 37.9. The van der Waals surface area contributed by atoms with Gasteiger partial charge in [0.1, 0.15) is 24.2 Å². The maximum Gasteiger partial charge on any atom is 0.326 e. The second-order valence-corrected chi connectivity index (χ2v) is 17.9. The second-order valence-electron chi connectivity index (χ2n) is 17.9. The van der Waals surface area contributed by atoms with Gasteiger partial charge in [-0.2, -0.15) is 0 Å². The zero-order valence-electron chi connectivity index (χ0n) is 37.9. The van der Waals surface area contributed by atoms with Crippen LogP contribution < -0.4 is 49.5 Å². The van der Waals surface area contributed by atoms with Gasteiger partial charge >= 0.3 is 5.97 Å². The highest BCUT2D eigenvalue weighted by Crippen LogP contribution is 2.28. The van der Waals surface area contributed by atoms with Crippen LogP contribution >= 0.6 is 0 Å². The molecule has 5 amide bonds. The smallest absolute Gasteiger partial charge is 0.326 e. The van der Waals surface area contributed by atoms with Crippen LogP contribution in [0.25, 0.3) is 0 Å². The molecule has 0 radical (unpaired) electrons. The molecule has 0 heterocycles. The Morgan fingerprint density at radius 2 is 1.00 bits per heavy atom. The van der Waals surface area contributed by atoms with Gasteiger partial charge in [0, 0.05) is 13.1 Å². The van der Waals surface area contributed by atoms with Crippen LogP contribution in [0.5, 0.6) is 0 Å². The molecule has 358 valence electrons. The number of rotatable bonds is 27. The van der Waals surface area contributed by atoms with Crippen LogP contribution in [0.4, 0.5) is 0 Å². The van der Waals surface area contributed by atoms with Gasteiger partial charge in [-0.15, -0.1) is 0 Å². The van der Waals surface area contributed by atoms with E-state index >= 15 is 0 Å². The second kappa shape index (κ2) is 28.4. The molecule has 2 saturated carbocycles. The Morgan fingerprint density at radius 3 is 1.52 bits per heavy atom. The van der Waals surface area contributed by atoms with Crippen molar-refractivity contribution in [2.24, 2.45) is 39.8 Å². The topological polar surface area (TPSA) is 299 Å². The number of carboxylic acid groups (broad SMARTS) is 1. The number of carbonyl (C=O) groups excluding carboxylic acids is 5. The standard InChI is InChI=1S/C48H74N10O7/c49-36(25-23-32-14-5-1-6-15-32)42(59)57-40(30-34-18-9-3-10-19-34)44(61)53-29-27-37(50)43(60)55-38(22-13-28-54-48(51)52)45(62)56-39(26-24-33-16-7-2-8-17-33)46(63)58-41(47(64)65)31-35-20-11-4-12-21-35/h1-2,5-8,14-17,34-41H,3-4,9-13,18-31,49-50H2,(H,53,61)(H,55,60)(H,56,62)(H,57,59)(H,58,63)(H,64,65)(H4,51,52,54)/t36-,37?,38-,39-,40-,41-/m0/s1. The lowest BCUT2D eigenvalue weighted by atomic mass is 9.84. The number of benzene rings is 2. The van der Waals surface area contributed by atoms with Crippen LogP contribution in [-0.2, 0) is 41.6 Å². The van der Waals surface area contributed by atoms with E-state index in [1.54, 1.807) is 0 Å². The molecule has 0 aliphatic heterocycles. The van der Waals surface area contributed by atoms with E-state index < -0.39 is 71.8 Å². The van der Waals surface area contributed by atoms with E-state index in [-0.39, 0.29) is 56.6 Å². The lowest BCUT2D eigenvalue weighted by molar-refractivity contribution is -0.143. The first-order valence-electron chi connectivity index (χ1n) is 23.6. The van der Waals surface area contributed by atoms with Crippen LogP contribution in [0.2, 0.25) is 0 Å². The summed E-state index contributed by atoms with van der Waals surface area (Å²) in [4.78, 5) is 84.7. The summed E-state index contributed by atoms with van der Waals surface area (Å²) in [7, 11) is 0. The number of nitrogens with one attached hydrogen (secondary N) is 5. The number of hydrogen-bond acceptors (Lipinski definition) is 9. The summed E-state index contributed by atoms with van der Waals surface area (Å²) in [6.07, 6.45) is 12.9. The average Bonchev–Trinajstić information content (AvgIpc) is 3.30. The number of carboxylic acids is 1. The van der Waals surface area contributed by atoms with Gasteiger partial charge in [-0.25, -0.2) is 4.79 Å². The van der Waals surface area contributed by atoms with E-state index in [2.05, 4.69) is 31.6 Å². The van der Waals surface area contributed by atoms with Crippen molar-refractivity contribution in [2.75, 3.05) is 13.1 Å². The van der Waals surface area contributed by atoms with Crippen LogP contribution in [0.1, 0.15) is 120 Å². The number of carbonyl (C=O) groups is 6. The first-order valence-corrected chi connectivity index (χ1v) is 23.6. The van der Waals surface area contributed by atoms with Gasteiger partial charge in [-0.1, -0.05) is 125 Å². The number of guanidine groups is 1. The normalized spacial score (nSPS) is 17.2. The van der Waals surface area contributed by atoms with Crippen LogP contribution in [0.15, 0.2) is 65.7 Å². The molecule has 1 unspecified atom stereocenters. The van der Waals surface area contributed by atoms with E-state index in [0.29, 0.717) is 32.1 Å². The molecule has 2 fully saturated rings. The number of amides is 5. The van der Waals surface area contributed by atoms with E-state index in [1.165, 1.54) is 0 Å². The Bertz CT molecular complexity index is 1820. The number of aliphatic imine (C=N–C) groups is 1. The summed E-state index contributed by atoms with van der Waals surface area (Å²) in [5, 5.41) is 24.0. The number of hydrogen-bond donors (Lipinski definition) is 10. The lowest BCUT2D eigenvalue weighted by Gasteiger charge is -2.28. The van der Waals surface area contributed by atoms with E-state index in [9.17, 15) is 33.9 Å². The van der Waals surface area contributed by atoms with Gasteiger partial charge in [0.25, 0.3) is 0 Å². The van der Waals surface area contributed by atoms with Crippen molar-refractivity contribution in [1.82, 2.24) is 26.6 Å². The third kappa shape index (κ3) is 19.6. The quantitative estimate of drug-likeness (QED) is 0.0353. The van der Waals surface area contributed by atoms with E-state index in [4.69, 9.17) is 22.9 Å². The highest BCUT2D eigenvalue weighted by Gasteiger charge is 2.32. The molecule has 17 nitrogen and oxygen atoms in total. The summed E-state index contributed by atoms with van der Waals surface area (Å²) in [6, 6.07) is 12.9. The van der Waals surface area contributed by atoms with E-state index in [0.717, 1.165) is 75.3 Å². The molecule has 17 heteroatoms. The molecule has 2 aliphatic carbocycles. The van der Waals surface area contributed by atoms with Gasteiger partial charge in [-0.3, -0.25) is 29.0 Å². The molecule has 0 spiro atoms. The van der Waals surface area contributed by atoms with Crippen LogP contribution in [0, 0.1) is 11.8 Å². The predicted octanol–water partition coefficient (Wildman–Crippen LogP) is 2.43. The predicted molar refractivity (Wildman–Crippen MR) is 251 cm³/mol. The minimum absolute atomic E-state index is 0.0131. The van der Waals surface area contributed by atoms with Gasteiger partial charge < -0.3 is 54.6 Å². The summed E-state index contributed by atoms with van der Waals surface area (Å²) in [6.45, 7) is 0.176. The Morgan fingerprint density at radius 1 is 0.554 bits per heavy atom. The van der Waals surface area contributed by atoms with Gasteiger partial charge in [0.15, 0.2) is 5.96 Å². The Balaban J connectivity index is 1.39. The molecule has 65 heavy (non-hydrogen) atoms. The minimum Gasteiger partial charge on any atom is -0.480 e. The molecule has 0 saturated heterocycles. The molecule has 14 N–H and O–H groups in total. The lowest BCUT2D eigenvalue weighted by Crippen LogP contribution is -2.57. The van der Waals surface area contributed by atoms with Crippen molar-refractivity contribution in [2.45, 2.75) is 158 Å². The molecular formula is C48H74N10O7. The summed E-state index contributed by atoms with van der Waals surface area (Å²) in [5.74, 6) is -3.60. The van der Waals surface area contributed by atoms with Gasteiger partial charge in [0.2, 0.25) is 29.5 Å². The molecule has 6 atom stereocenters. The maximum atomic E-state index is 14.0. The van der Waals surface area contributed by atoms with Crippen molar-refractivity contribution in [3.63, 3.8) is 0 Å². The molecule has 4 rings (SSSR count). The SMILES string of the molecule is NC(N)=NCCC[C@H](NC(=O)C(N)CCNC(=O)[C@H](CC1CCCCC1)NC(=O)[C@@H](N)CCc1ccccc1)C(=O)N[C@@H](CCc1ccccc1)C(=O)N[C@@H](CC1CCCCC1)C(=O)O. The number of nitrogens with two attached hydrogens (primary N) is 4. The maximum absolute atomic E-state index is 14.0. The number of aryl methyl sites for hydroxylation is 2. The van der Waals surface area contributed by atoms with Crippen molar-refractivity contribution >= 4 is 41.5 Å². The van der Waals surface area contributed by atoms with Crippen molar-refractivity contribution in [3.05, 3.63) is 71.8 Å². The number of nitrogens with zero attached hydrogens (tertiary/aromatic N) is 1.